The molecule has 1 aromatic heterocycles. The molecule has 0 saturated carbocycles. The van der Waals surface area contributed by atoms with E-state index in [2.05, 4.69) is 4.98 Å². The van der Waals surface area contributed by atoms with Gasteiger partial charge in [-0.25, -0.2) is 9.37 Å². The Morgan fingerprint density at radius 1 is 1.29 bits per heavy atom. The third-order valence-corrected chi connectivity index (χ3v) is 4.40. The fourth-order valence-electron chi connectivity index (χ4n) is 2.37. The average Bonchev–Trinajstić information content (AvgIpc) is 2.89. The van der Waals surface area contributed by atoms with E-state index >= 15 is 0 Å². The van der Waals surface area contributed by atoms with Crippen LogP contribution in [0.15, 0.2) is 12.1 Å². The number of hydrogen-bond acceptors (Lipinski definition) is 4. The molecule has 0 unspecified atom stereocenters. The van der Waals surface area contributed by atoms with Gasteiger partial charge >= 0.3 is 0 Å². The largest absolute Gasteiger partial charge is 0.394 e. The summed E-state index contributed by atoms with van der Waals surface area (Å²) >= 11 is 17.9. The van der Waals surface area contributed by atoms with Crippen molar-refractivity contribution in [3.63, 3.8) is 0 Å². The Kier molecular flexibility index (Phi) is 4.02. The standard InChI is InChI=1S/C12H10Cl3FN2O3/c13-4-1-6-7(2-5(4)14)18(12(15)17-6)11-10(20)9(16)8(3-19)21-11/h1-2,8-11,19-20H,3H2/t8-,9+,10-,11-/m1/s1. The molecule has 1 aliphatic heterocycles. The van der Waals surface area contributed by atoms with Crippen molar-refractivity contribution in [1.29, 1.82) is 0 Å². The fraction of sp³-hybridized carbons (Fsp3) is 0.417. The third-order valence-electron chi connectivity index (χ3n) is 3.41. The van der Waals surface area contributed by atoms with Gasteiger partial charge in [-0.3, -0.25) is 4.57 Å². The zero-order chi connectivity index (χ0) is 15.3. The Bertz CT molecular complexity index is 696. The molecule has 1 fully saturated rings. The highest BCUT2D eigenvalue weighted by atomic mass is 35.5. The van der Waals surface area contributed by atoms with Crippen molar-refractivity contribution in [3.8, 4) is 0 Å². The van der Waals surface area contributed by atoms with Crippen LogP contribution < -0.4 is 0 Å². The van der Waals surface area contributed by atoms with Crippen molar-refractivity contribution < 1.29 is 19.3 Å². The van der Waals surface area contributed by atoms with Crippen molar-refractivity contribution in [2.45, 2.75) is 24.6 Å². The summed E-state index contributed by atoms with van der Waals surface area (Å²) in [5.41, 5.74) is 0.886. The van der Waals surface area contributed by atoms with E-state index in [1.165, 1.54) is 16.7 Å². The lowest BCUT2D eigenvalue weighted by molar-refractivity contribution is -0.0491. The van der Waals surface area contributed by atoms with E-state index in [1.807, 2.05) is 0 Å². The summed E-state index contributed by atoms with van der Waals surface area (Å²) in [7, 11) is 0. The van der Waals surface area contributed by atoms with Crippen molar-refractivity contribution in [1.82, 2.24) is 9.55 Å². The highest BCUT2D eigenvalue weighted by Gasteiger charge is 2.45. The van der Waals surface area contributed by atoms with E-state index in [-0.39, 0.29) is 10.3 Å². The molecule has 2 aromatic rings. The summed E-state index contributed by atoms with van der Waals surface area (Å²) in [6.45, 7) is -0.550. The Morgan fingerprint density at radius 3 is 2.57 bits per heavy atom. The van der Waals surface area contributed by atoms with Gasteiger partial charge in [0.15, 0.2) is 12.4 Å². The van der Waals surface area contributed by atoms with Crippen molar-refractivity contribution >= 4 is 45.8 Å². The van der Waals surface area contributed by atoms with Crippen LogP contribution in [0.25, 0.3) is 11.0 Å². The molecule has 0 radical (unpaired) electrons. The number of aromatic nitrogens is 2. The Balaban J connectivity index is 2.12. The van der Waals surface area contributed by atoms with E-state index in [9.17, 15) is 9.50 Å². The maximum atomic E-state index is 13.8. The van der Waals surface area contributed by atoms with Crippen LogP contribution in [0.1, 0.15) is 6.23 Å². The van der Waals surface area contributed by atoms with Gasteiger partial charge in [0.1, 0.15) is 12.2 Å². The summed E-state index contributed by atoms with van der Waals surface area (Å²) in [5.74, 6) is 0. The number of nitrogens with zero attached hydrogens (tertiary/aromatic N) is 2. The molecule has 3 rings (SSSR count). The molecule has 114 valence electrons. The maximum Gasteiger partial charge on any atom is 0.206 e. The topological polar surface area (TPSA) is 67.5 Å². The second-order valence-corrected chi connectivity index (χ2v) is 5.84. The molecule has 0 aliphatic carbocycles. The van der Waals surface area contributed by atoms with Gasteiger partial charge in [-0.2, -0.15) is 0 Å². The van der Waals surface area contributed by atoms with Crippen LogP contribution in [-0.4, -0.2) is 44.8 Å². The van der Waals surface area contributed by atoms with Crippen LogP contribution in [0.2, 0.25) is 15.3 Å². The van der Waals surface area contributed by atoms with Gasteiger partial charge in [-0.1, -0.05) is 23.2 Å². The summed E-state index contributed by atoms with van der Waals surface area (Å²) in [6, 6.07) is 3.02. The van der Waals surface area contributed by atoms with Gasteiger partial charge < -0.3 is 14.9 Å². The molecule has 1 aliphatic rings. The molecule has 1 saturated heterocycles. The lowest BCUT2D eigenvalue weighted by Gasteiger charge is -2.17. The highest BCUT2D eigenvalue weighted by molar-refractivity contribution is 6.42. The molecule has 5 nitrogen and oxygen atoms in total. The summed E-state index contributed by atoms with van der Waals surface area (Å²) in [6.07, 6.45) is -5.43. The lowest BCUT2D eigenvalue weighted by Crippen LogP contribution is -2.29. The predicted molar refractivity (Wildman–Crippen MR) is 76.7 cm³/mol. The van der Waals surface area contributed by atoms with Crippen LogP contribution >= 0.6 is 34.8 Å². The summed E-state index contributed by atoms with van der Waals surface area (Å²) in [5, 5.41) is 19.6. The molecular formula is C12H10Cl3FN2O3. The van der Waals surface area contributed by atoms with Crippen molar-refractivity contribution in [2.24, 2.45) is 0 Å². The molecule has 9 heteroatoms. The molecule has 0 spiro atoms. The minimum Gasteiger partial charge on any atom is -0.394 e. The third kappa shape index (κ3) is 2.40. The van der Waals surface area contributed by atoms with E-state index in [4.69, 9.17) is 44.6 Å². The second-order valence-electron chi connectivity index (χ2n) is 4.69. The summed E-state index contributed by atoms with van der Waals surface area (Å²) in [4.78, 5) is 4.08. The van der Waals surface area contributed by atoms with Crippen LogP contribution in [-0.2, 0) is 4.74 Å². The van der Waals surface area contributed by atoms with E-state index in [0.29, 0.717) is 16.1 Å². The quantitative estimate of drug-likeness (QED) is 0.869. The number of halogens is 4. The number of rotatable bonds is 2. The highest BCUT2D eigenvalue weighted by Crippen LogP contribution is 2.37. The molecular weight excluding hydrogens is 346 g/mol. The van der Waals surface area contributed by atoms with Gasteiger partial charge in [0.2, 0.25) is 5.28 Å². The maximum absolute atomic E-state index is 13.8. The zero-order valence-electron chi connectivity index (χ0n) is 10.4. The molecule has 2 N–H and O–H groups in total. The number of hydrogen-bond donors (Lipinski definition) is 2. The normalized spacial score (nSPS) is 29.4. The van der Waals surface area contributed by atoms with Crippen molar-refractivity contribution in [3.05, 3.63) is 27.5 Å². The first-order valence-electron chi connectivity index (χ1n) is 6.05. The summed E-state index contributed by atoms with van der Waals surface area (Å²) < 4.78 is 20.5. The number of aliphatic hydroxyl groups is 2. The van der Waals surface area contributed by atoms with Crippen molar-refractivity contribution in [2.75, 3.05) is 6.61 Å². The molecule has 2 heterocycles. The van der Waals surface area contributed by atoms with E-state index in [1.54, 1.807) is 0 Å². The number of alkyl halides is 1. The van der Waals surface area contributed by atoms with Crippen LogP contribution in [0.4, 0.5) is 4.39 Å². The molecule has 4 atom stereocenters. The smallest absolute Gasteiger partial charge is 0.206 e. The number of aliphatic hydroxyl groups excluding tert-OH is 2. The van der Waals surface area contributed by atoms with Gasteiger partial charge in [-0.05, 0) is 23.7 Å². The van der Waals surface area contributed by atoms with E-state index in [0.717, 1.165) is 0 Å². The number of fused-ring (bicyclic) bond motifs is 1. The Morgan fingerprint density at radius 2 is 1.95 bits per heavy atom. The average molecular weight is 356 g/mol. The zero-order valence-corrected chi connectivity index (χ0v) is 12.6. The minimum absolute atomic E-state index is 0.00169. The first kappa shape index (κ1) is 15.3. The molecule has 0 amide bonds. The molecule has 0 bridgehead atoms. The molecule has 21 heavy (non-hydrogen) atoms. The second kappa shape index (κ2) is 5.53. The SMILES string of the molecule is OC[C@H]1O[C@@H](n2c(Cl)nc3cc(Cl)c(Cl)cc32)[C@H](O)[C@H]1F. The number of ether oxygens (including phenoxy) is 1. The predicted octanol–water partition coefficient (Wildman–Crippen LogP) is 2.59. The number of imidazole rings is 1. The van der Waals surface area contributed by atoms with Gasteiger partial charge in [0, 0.05) is 0 Å². The minimum atomic E-state index is -1.73. The van der Waals surface area contributed by atoms with Crippen LogP contribution in [0.3, 0.4) is 0 Å². The molecule has 1 aromatic carbocycles. The van der Waals surface area contributed by atoms with E-state index < -0.39 is 31.2 Å². The first-order chi connectivity index (χ1) is 9.93. The number of benzene rings is 1. The first-order valence-corrected chi connectivity index (χ1v) is 7.18. The van der Waals surface area contributed by atoms with Gasteiger partial charge in [0.05, 0.1) is 27.7 Å². The van der Waals surface area contributed by atoms with Gasteiger partial charge in [0.25, 0.3) is 0 Å². The Hall–Kier alpha value is -0.630. The fourth-order valence-corrected chi connectivity index (χ4v) is 2.97. The monoisotopic (exact) mass is 354 g/mol. The Labute approximate surface area is 133 Å². The lowest BCUT2D eigenvalue weighted by atomic mass is 10.1. The van der Waals surface area contributed by atoms with Crippen LogP contribution in [0.5, 0.6) is 0 Å². The van der Waals surface area contributed by atoms with Gasteiger partial charge in [-0.15, -0.1) is 0 Å². The van der Waals surface area contributed by atoms with Crippen LogP contribution in [0, 0.1) is 0 Å².